The third-order valence-corrected chi connectivity index (χ3v) is 5.97. The largest absolute Gasteiger partial charge is 0.493 e. The molecule has 2 aromatic heterocycles. The van der Waals surface area contributed by atoms with Gasteiger partial charge in [-0.1, -0.05) is 13.0 Å². The molecule has 0 saturated carbocycles. The van der Waals surface area contributed by atoms with Gasteiger partial charge in [-0.15, -0.1) is 0 Å². The van der Waals surface area contributed by atoms with Gasteiger partial charge in [-0.3, -0.25) is 9.78 Å². The van der Waals surface area contributed by atoms with E-state index >= 15 is 0 Å². The lowest BCUT2D eigenvalue weighted by atomic mass is 9.78. The molecular formula is C25H29N5O3. The molecule has 1 aliphatic rings. The third-order valence-electron chi connectivity index (χ3n) is 5.97. The number of nitrogens with two attached hydrogens (primary N) is 1. The highest BCUT2D eigenvalue weighted by Crippen LogP contribution is 2.35. The van der Waals surface area contributed by atoms with Crippen LogP contribution in [0.5, 0.6) is 11.5 Å². The second-order valence-corrected chi connectivity index (χ2v) is 8.59. The number of piperidine rings is 1. The number of likely N-dealkylation sites (tertiary alicyclic amines) is 1. The molecule has 0 bridgehead atoms. The normalized spacial score (nSPS) is 18.1. The molecule has 33 heavy (non-hydrogen) atoms. The molecule has 0 unspecified atom stereocenters. The summed E-state index contributed by atoms with van der Waals surface area (Å²) in [6.07, 6.45) is 3.53. The molecule has 0 aliphatic carbocycles. The van der Waals surface area contributed by atoms with Gasteiger partial charge in [0.05, 0.1) is 18.5 Å². The number of carbonyl (C=O) groups excluding carboxylic acids is 1. The van der Waals surface area contributed by atoms with Crippen molar-refractivity contribution in [3.63, 3.8) is 0 Å². The van der Waals surface area contributed by atoms with Crippen LogP contribution in [0.4, 0.5) is 5.82 Å². The Morgan fingerprint density at radius 3 is 2.76 bits per heavy atom. The number of ether oxygens (including phenoxy) is 2. The first-order valence-electron chi connectivity index (χ1n) is 11.0. The van der Waals surface area contributed by atoms with E-state index in [0.29, 0.717) is 48.4 Å². The fraction of sp³-hybridized carbons (Fsp3) is 0.360. The highest BCUT2D eigenvalue weighted by atomic mass is 16.5. The molecule has 3 aromatic rings. The van der Waals surface area contributed by atoms with Crippen LogP contribution in [0.1, 0.15) is 47.3 Å². The van der Waals surface area contributed by atoms with Crippen molar-refractivity contribution in [3.05, 3.63) is 71.4 Å². The Hall–Kier alpha value is -3.68. The highest BCUT2D eigenvalue weighted by molar-refractivity contribution is 5.95. The Bertz CT molecular complexity index is 1120. The van der Waals surface area contributed by atoms with Crippen LogP contribution in [0.25, 0.3) is 0 Å². The minimum Gasteiger partial charge on any atom is -0.493 e. The lowest BCUT2D eigenvalue weighted by molar-refractivity contribution is 0.0647. The average molecular weight is 448 g/mol. The maximum absolute atomic E-state index is 13.4. The van der Waals surface area contributed by atoms with E-state index < -0.39 is 0 Å². The van der Waals surface area contributed by atoms with Crippen molar-refractivity contribution in [2.45, 2.75) is 38.7 Å². The average Bonchev–Trinajstić information content (AvgIpc) is 2.82. The number of nitrogens with zero attached hydrogens (tertiary/aromatic N) is 4. The fourth-order valence-corrected chi connectivity index (χ4v) is 4.26. The van der Waals surface area contributed by atoms with Crippen LogP contribution in [0.15, 0.2) is 48.7 Å². The van der Waals surface area contributed by atoms with E-state index in [-0.39, 0.29) is 11.3 Å². The Labute approximate surface area is 193 Å². The topological polar surface area (TPSA) is 103 Å². The molecule has 1 amide bonds. The minimum atomic E-state index is -0.286. The number of aromatic nitrogens is 3. The van der Waals surface area contributed by atoms with Gasteiger partial charge in [0.2, 0.25) is 0 Å². The molecule has 2 N–H and O–H groups in total. The third kappa shape index (κ3) is 5.05. The zero-order valence-electron chi connectivity index (χ0n) is 19.2. The number of carbonyl (C=O) groups is 1. The Morgan fingerprint density at radius 2 is 2.03 bits per heavy atom. The van der Waals surface area contributed by atoms with Crippen molar-refractivity contribution in [1.82, 2.24) is 19.9 Å². The lowest BCUT2D eigenvalue weighted by Crippen LogP contribution is -2.47. The van der Waals surface area contributed by atoms with Crippen molar-refractivity contribution in [2.75, 3.05) is 25.9 Å². The number of anilines is 1. The van der Waals surface area contributed by atoms with Crippen molar-refractivity contribution in [1.29, 1.82) is 0 Å². The summed E-state index contributed by atoms with van der Waals surface area (Å²) in [5.41, 5.74) is 7.91. The van der Waals surface area contributed by atoms with E-state index in [1.54, 1.807) is 31.5 Å². The molecule has 8 nitrogen and oxygen atoms in total. The summed E-state index contributed by atoms with van der Waals surface area (Å²) in [5, 5.41) is 0. The van der Waals surface area contributed by atoms with E-state index in [1.165, 1.54) is 0 Å². The van der Waals surface area contributed by atoms with Gasteiger partial charge in [-0.2, -0.15) is 0 Å². The number of amides is 1. The van der Waals surface area contributed by atoms with Crippen LogP contribution < -0.4 is 15.2 Å². The number of methoxy groups -OCH3 is 1. The summed E-state index contributed by atoms with van der Waals surface area (Å²) in [7, 11) is 1.57. The van der Waals surface area contributed by atoms with E-state index in [2.05, 4.69) is 21.9 Å². The van der Waals surface area contributed by atoms with Crippen LogP contribution in [-0.2, 0) is 12.0 Å². The smallest absolute Gasteiger partial charge is 0.254 e. The SMILES string of the molecule is COc1cc(C(=O)N2CCC[C@](C)(c3cc(N)nc(C)n3)C2)ccc1OCc1ccccn1. The Balaban J connectivity index is 1.51. The fourth-order valence-electron chi connectivity index (χ4n) is 4.26. The quantitative estimate of drug-likeness (QED) is 0.616. The van der Waals surface area contributed by atoms with Crippen molar-refractivity contribution < 1.29 is 14.3 Å². The molecular weight excluding hydrogens is 418 g/mol. The van der Waals surface area contributed by atoms with E-state index in [0.717, 1.165) is 24.2 Å². The molecule has 4 rings (SSSR count). The second kappa shape index (κ2) is 9.44. The van der Waals surface area contributed by atoms with Crippen LogP contribution >= 0.6 is 0 Å². The van der Waals surface area contributed by atoms with Crippen LogP contribution in [-0.4, -0.2) is 46.0 Å². The molecule has 1 atom stereocenters. The van der Waals surface area contributed by atoms with Gasteiger partial charge in [-0.25, -0.2) is 9.97 Å². The number of rotatable bonds is 6. The zero-order valence-corrected chi connectivity index (χ0v) is 19.2. The first-order valence-corrected chi connectivity index (χ1v) is 11.0. The maximum atomic E-state index is 13.4. The number of hydrogen-bond donors (Lipinski definition) is 1. The number of aryl methyl sites for hydroxylation is 1. The first kappa shape index (κ1) is 22.5. The minimum absolute atomic E-state index is 0.0470. The second-order valence-electron chi connectivity index (χ2n) is 8.59. The number of benzene rings is 1. The van der Waals surface area contributed by atoms with Crippen LogP contribution in [0.2, 0.25) is 0 Å². The highest BCUT2D eigenvalue weighted by Gasteiger charge is 2.36. The lowest BCUT2D eigenvalue weighted by Gasteiger charge is -2.40. The Kier molecular flexibility index (Phi) is 6.44. The molecule has 3 heterocycles. The molecule has 0 radical (unpaired) electrons. The van der Waals surface area contributed by atoms with Gasteiger partial charge in [0.15, 0.2) is 11.5 Å². The predicted octanol–water partition coefficient (Wildman–Crippen LogP) is 3.54. The van der Waals surface area contributed by atoms with Gasteiger partial charge in [0.25, 0.3) is 5.91 Å². The maximum Gasteiger partial charge on any atom is 0.254 e. The van der Waals surface area contributed by atoms with Gasteiger partial charge < -0.3 is 20.1 Å². The molecule has 0 spiro atoms. The number of pyridine rings is 1. The standard InChI is InChI=1S/C25H29N5O3/c1-17-28-22(14-23(26)29-17)25(2)10-6-12-30(16-25)24(31)18-8-9-20(21(13-18)32-3)33-15-19-7-4-5-11-27-19/h4-5,7-9,11,13-14H,6,10,12,15-16H2,1-3H3,(H2,26,28,29)/t25-/m0/s1. The summed E-state index contributed by atoms with van der Waals surface area (Å²) in [4.78, 5) is 28.3. The molecule has 8 heteroatoms. The predicted molar refractivity (Wildman–Crippen MR) is 125 cm³/mol. The van der Waals surface area contributed by atoms with Gasteiger partial charge in [0.1, 0.15) is 18.2 Å². The number of hydrogen-bond acceptors (Lipinski definition) is 7. The molecule has 1 saturated heterocycles. The Morgan fingerprint density at radius 1 is 1.18 bits per heavy atom. The van der Waals surface area contributed by atoms with E-state index in [4.69, 9.17) is 15.2 Å². The van der Waals surface area contributed by atoms with Gasteiger partial charge in [0, 0.05) is 36.3 Å². The summed E-state index contributed by atoms with van der Waals surface area (Å²) >= 11 is 0. The summed E-state index contributed by atoms with van der Waals surface area (Å²) in [5.74, 6) is 2.12. The van der Waals surface area contributed by atoms with Crippen molar-refractivity contribution >= 4 is 11.7 Å². The molecule has 1 aliphatic heterocycles. The van der Waals surface area contributed by atoms with Gasteiger partial charge >= 0.3 is 0 Å². The summed E-state index contributed by atoms with van der Waals surface area (Å²) in [6, 6.07) is 12.8. The van der Waals surface area contributed by atoms with Crippen molar-refractivity contribution in [2.24, 2.45) is 0 Å². The van der Waals surface area contributed by atoms with Crippen LogP contribution in [0.3, 0.4) is 0 Å². The van der Waals surface area contributed by atoms with Crippen molar-refractivity contribution in [3.8, 4) is 11.5 Å². The molecule has 172 valence electrons. The summed E-state index contributed by atoms with van der Waals surface area (Å²) in [6.45, 7) is 5.52. The van der Waals surface area contributed by atoms with Gasteiger partial charge in [-0.05, 0) is 50.1 Å². The van der Waals surface area contributed by atoms with E-state index in [9.17, 15) is 4.79 Å². The summed E-state index contributed by atoms with van der Waals surface area (Å²) < 4.78 is 11.4. The van der Waals surface area contributed by atoms with E-state index in [1.807, 2.05) is 36.1 Å². The number of nitrogen functional groups attached to an aromatic ring is 1. The monoisotopic (exact) mass is 447 g/mol. The molecule has 1 fully saturated rings. The first-order chi connectivity index (χ1) is 15.9. The zero-order chi connectivity index (χ0) is 23.4. The molecule has 1 aromatic carbocycles. The van der Waals surface area contributed by atoms with Crippen LogP contribution in [0, 0.1) is 6.92 Å².